The van der Waals surface area contributed by atoms with E-state index >= 15 is 0 Å². The predicted molar refractivity (Wildman–Crippen MR) is 109 cm³/mol. The van der Waals surface area contributed by atoms with E-state index in [0.29, 0.717) is 0 Å². The number of hydrogen-bond donors (Lipinski definition) is 0. The maximum Gasteiger partial charge on any atom is 0.135 e. The molecule has 0 spiro atoms. The van der Waals surface area contributed by atoms with Crippen LogP contribution < -0.4 is 0 Å². The number of furan rings is 1. The smallest absolute Gasteiger partial charge is 0.135 e. The lowest BCUT2D eigenvalue weighted by Gasteiger charge is -2.07. The number of aryl methyl sites for hydroxylation is 1. The second-order valence-corrected chi connectivity index (χ2v) is 6.76. The summed E-state index contributed by atoms with van der Waals surface area (Å²) in [4.78, 5) is 0. The van der Waals surface area contributed by atoms with Gasteiger partial charge in [-0.25, -0.2) is 0 Å². The molecule has 0 amide bonds. The highest BCUT2D eigenvalue weighted by Gasteiger charge is 2.12. The van der Waals surface area contributed by atoms with Gasteiger partial charge in [-0.1, -0.05) is 78.4 Å². The average molecular weight is 334 g/mol. The molecule has 26 heavy (non-hydrogen) atoms. The molecule has 0 saturated carbocycles. The van der Waals surface area contributed by atoms with Crippen LogP contribution in [0.4, 0.5) is 0 Å². The lowest BCUT2D eigenvalue weighted by Crippen LogP contribution is -1.82. The van der Waals surface area contributed by atoms with Crippen molar-refractivity contribution in [2.24, 2.45) is 0 Å². The van der Waals surface area contributed by atoms with Crippen molar-refractivity contribution in [3.63, 3.8) is 0 Å². The second kappa shape index (κ2) is 5.89. The first-order valence-corrected chi connectivity index (χ1v) is 8.86. The zero-order valence-corrected chi connectivity index (χ0v) is 14.6. The van der Waals surface area contributed by atoms with Crippen molar-refractivity contribution in [3.05, 3.63) is 96.8 Å². The summed E-state index contributed by atoms with van der Waals surface area (Å²) in [5.74, 6) is 0. The Labute approximate surface area is 152 Å². The quantitative estimate of drug-likeness (QED) is 0.332. The Morgan fingerprint density at radius 2 is 1.42 bits per heavy atom. The number of hydrogen-bond acceptors (Lipinski definition) is 1. The molecule has 1 nitrogen and oxygen atoms in total. The van der Waals surface area contributed by atoms with E-state index < -0.39 is 0 Å². The summed E-state index contributed by atoms with van der Waals surface area (Å²) in [5, 5.41) is 3.64. The maximum absolute atomic E-state index is 5.86. The van der Waals surface area contributed by atoms with E-state index in [1.807, 2.05) is 12.3 Å². The van der Waals surface area contributed by atoms with Crippen LogP contribution in [0.2, 0.25) is 0 Å². The van der Waals surface area contributed by atoms with Gasteiger partial charge in [-0.3, -0.25) is 0 Å². The predicted octanol–water partition coefficient (Wildman–Crippen LogP) is 7.23. The van der Waals surface area contributed by atoms with E-state index in [1.54, 1.807) is 0 Å². The second-order valence-electron chi connectivity index (χ2n) is 6.76. The summed E-state index contributed by atoms with van der Waals surface area (Å²) < 4.78 is 5.86. The third-order valence-electron chi connectivity index (χ3n) is 5.02. The van der Waals surface area contributed by atoms with Crippen LogP contribution in [-0.4, -0.2) is 0 Å². The number of rotatable bonds is 2. The van der Waals surface area contributed by atoms with Crippen LogP contribution in [0.1, 0.15) is 5.56 Å². The molecule has 4 aromatic carbocycles. The molecule has 0 aliphatic heterocycles. The van der Waals surface area contributed by atoms with Crippen molar-refractivity contribution in [2.75, 3.05) is 0 Å². The van der Waals surface area contributed by atoms with E-state index in [1.165, 1.54) is 38.4 Å². The fourth-order valence-corrected chi connectivity index (χ4v) is 3.62. The van der Waals surface area contributed by atoms with Crippen LogP contribution in [-0.2, 0) is 0 Å². The SMILES string of the molecule is Cc1ccc(-c2coc3ccc4cc(-c5ccccc5)ccc4c23)cc1. The van der Waals surface area contributed by atoms with Gasteiger partial charge >= 0.3 is 0 Å². The lowest BCUT2D eigenvalue weighted by atomic mass is 9.96. The highest BCUT2D eigenvalue weighted by molar-refractivity contribution is 6.13. The van der Waals surface area contributed by atoms with Crippen molar-refractivity contribution >= 4 is 21.7 Å². The summed E-state index contributed by atoms with van der Waals surface area (Å²) in [6, 6.07) is 30.0. The van der Waals surface area contributed by atoms with Crippen LogP contribution in [0.15, 0.2) is 95.6 Å². The van der Waals surface area contributed by atoms with Gasteiger partial charge in [0.1, 0.15) is 5.58 Å². The van der Waals surface area contributed by atoms with E-state index in [2.05, 4.69) is 85.8 Å². The largest absolute Gasteiger partial charge is 0.464 e. The summed E-state index contributed by atoms with van der Waals surface area (Å²) in [7, 11) is 0. The van der Waals surface area contributed by atoms with E-state index in [0.717, 1.165) is 11.1 Å². The first-order valence-electron chi connectivity index (χ1n) is 8.86. The molecular weight excluding hydrogens is 316 g/mol. The Hall–Kier alpha value is -3.32. The highest BCUT2D eigenvalue weighted by Crippen LogP contribution is 2.37. The van der Waals surface area contributed by atoms with Crippen LogP contribution in [0.5, 0.6) is 0 Å². The first-order chi connectivity index (χ1) is 12.8. The van der Waals surface area contributed by atoms with Gasteiger partial charge < -0.3 is 4.42 Å². The zero-order chi connectivity index (χ0) is 17.5. The zero-order valence-electron chi connectivity index (χ0n) is 14.6. The fraction of sp³-hybridized carbons (Fsp3) is 0.0400. The summed E-state index contributed by atoms with van der Waals surface area (Å²) >= 11 is 0. The monoisotopic (exact) mass is 334 g/mol. The summed E-state index contributed by atoms with van der Waals surface area (Å²) in [5.41, 5.74) is 7.00. The Balaban J connectivity index is 1.74. The first kappa shape index (κ1) is 15.0. The summed E-state index contributed by atoms with van der Waals surface area (Å²) in [6.07, 6.45) is 1.87. The molecule has 1 heterocycles. The fourth-order valence-electron chi connectivity index (χ4n) is 3.62. The van der Waals surface area contributed by atoms with Crippen LogP contribution in [0.3, 0.4) is 0 Å². The molecular formula is C25H18O. The lowest BCUT2D eigenvalue weighted by molar-refractivity contribution is 0.617. The minimum atomic E-state index is 0.931. The Morgan fingerprint density at radius 1 is 0.654 bits per heavy atom. The Bertz CT molecular complexity index is 1210. The number of benzene rings is 4. The molecule has 0 N–H and O–H groups in total. The van der Waals surface area contributed by atoms with E-state index in [9.17, 15) is 0 Å². The Kier molecular flexibility index (Phi) is 3.39. The van der Waals surface area contributed by atoms with Crippen molar-refractivity contribution < 1.29 is 4.42 Å². The van der Waals surface area contributed by atoms with Gasteiger partial charge in [0.05, 0.1) is 6.26 Å². The molecule has 0 bridgehead atoms. The van der Waals surface area contributed by atoms with Crippen LogP contribution >= 0.6 is 0 Å². The standard InChI is InChI=1S/C25H18O/c1-17-7-9-19(10-8-17)23-16-26-24-14-12-21-15-20(11-13-22(21)25(23)24)18-5-3-2-4-6-18/h2-16H,1H3. The molecule has 5 aromatic rings. The van der Waals surface area contributed by atoms with Crippen LogP contribution in [0, 0.1) is 6.92 Å². The summed E-state index contributed by atoms with van der Waals surface area (Å²) in [6.45, 7) is 2.11. The van der Waals surface area contributed by atoms with Crippen molar-refractivity contribution in [3.8, 4) is 22.3 Å². The van der Waals surface area contributed by atoms with Gasteiger partial charge in [0.15, 0.2) is 0 Å². The van der Waals surface area contributed by atoms with E-state index in [4.69, 9.17) is 4.42 Å². The molecule has 0 radical (unpaired) electrons. The van der Waals surface area contributed by atoms with Gasteiger partial charge in [0.2, 0.25) is 0 Å². The Morgan fingerprint density at radius 3 is 2.23 bits per heavy atom. The van der Waals surface area contributed by atoms with Gasteiger partial charge in [-0.2, -0.15) is 0 Å². The minimum Gasteiger partial charge on any atom is -0.464 e. The number of fused-ring (bicyclic) bond motifs is 3. The molecule has 0 aliphatic carbocycles. The highest BCUT2D eigenvalue weighted by atomic mass is 16.3. The van der Waals surface area contributed by atoms with Gasteiger partial charge in [-0.05, 0) is 46.5 Å². The minimum absolute atomic E-state index is 0.931. The van der Waals surface area contributed by atoms with Crippen molar-refractivity contribution in [2.45, 2.75) is 6.92 Å². The van der Waals surface area contributed by atoms with Crippen LogP contribution in [0.25, 0.3) is 44.0 Å². The third kappa shape index (κ3) is 2.41. The van der Waals surface area contributed by atoms with Gasteiger partial charge in [0, 0.05) is 10.9 Å². The maximum atomic E-state index is 5.86. The molecule has 0 fully saturated rings. The molecule has 0 unspecified atom stereocenters. The van der Waals surface area contributed by atoms with Crippen molar-refractivity contribution in [1.29, 1.82) is 0 Å². The third-order valence-corrected chi connectivity index (χ3v) is 5.02. The van der Waals surface area contributed by atoms with Gasteiger partial charge in [0.25, 0.3) is 0 Å². The molecule has 0 aliphatic rings. The molecule has 1 heteroatoms. The average Bonchev–Trinajstić information content (AvgIpc) is 3.13. The van der Waals surface area contributed by atoms with Gasteiger partial charge in [-0.15, -0.1) is 0 Å². The van der Waals surface area contributed by atoms with Crippen molar-refractivity contribution in [1.82, 2.24) is 0 Å². The van der Waals surface area contributed by atoms with E-state index in [-0.39, 0.29) is 0 Å². The molecule has 0 atom stereocenters. The molecule has 1 aromatic heterocycles. The molecule has 5 rings (SSSR count). The molecule has 0 saturated heterocycles. The topological polar surface area (TPSA) is 13.1 Å². The molecule has 124 valence electrons. The normalized spacial score (nSPS) is 11.3.